The van der Waals surface area contributed by atoms with Crippen LogP contribution in [0.1, 0.15) is 120 Å². The number of methoxy groups -OCH3 is 1. The maximum Gasteiger partial charge on any atom is 0.186 e. The van der Waals surface area contributed by atoms with Gasteiger partial charge in [0.2, 0.25) is 0 Å². The van der Waals surface area contributed by atoms with Crippen LogP contribution >= 0.6 is 0 Å². The molecule has 0 aliphatic heterocycles. The highest BCUT2D eigenvalue weighted by Gasteiger charge is 2.34. The predicted octanol–water partition coefficient (Wildman–Crippen LogP) is 6.14. The van der Waals surface area contributed by atoms with Gasteiger partial charge in [0.15, 0.2) is 23.2 Å². The van der Waals surface area contributed by atoms with E-state index in [1.165, 1.54) is 0 Å². The monoisotopic (exact) mass is 659 g/mol. The van der Waals surface area contributed by atoms with Gasteiger partial charge in [-0.1, -0.05) is 31.8 Å². The molecule has 8 heteroatoms. The van der Waals surface area contributed by atoms with Crippen LogP contribution in [0.5, 0.6) is 11.5 Å². The first-order chi connectivity index (χ1) is 23.2. The zero-order valence-electron chi connectivity index (χ0n) is 29.3. The Balaban J connectivity index is 1.89. The Kier molecular flexibility index (Phi) is 14.7. The fourth-order valence-electron chi connectivity index (χ4n) is 7.50. The third-order valence-corrected chi connectivity index (χ3v) is 10.4. The minimum atomic E-state index is -0.226. The number of aliphatic hydroxyl groups excluding tert-OH is 1. The molecule has 0 unspecified atom stereocenters. The molecule has 0 aromatic heterocycles. The molecule has 1 aromatic carbocycles. The molecule has 0 saturated heterocycles. The van der Waals surface area contributed by atoms with E-state index in [-0.39, 0.29) is 59.9 Å². The molecular weight excluding hydrogens is 602 g/mol. The highest BCUT2D eigenvalue weighted by molar-refractivity contribution is 5.89. The van der Waals surface area contributed by atoms with Gasteiger partial charge in [0.25, 0.3) is 0 Å². The lowest BCUT2D eigenvalue weighted by atomic mass is 9.74. The number of ketones is 1. The number of rotatable bonds is 13. The van der Waals surface area contributed by atoms with Crippen molar-refractivity contribution in [3.63, 3.8) is 0 Å². The standard InChI is InChI=1S/C40H57N3O5/c1-4-28(23-24-44)14-18-32(45)19-15-30-25-37(48-33-11-7-8-12-33)39(46)38-34(30)21-16-29-10-6-5-9-27(2)13-20-35(38)31(26-47-3)17-22-36(29)43-40(41)42/h14,18,25,27-29,31,33,35-36,44,46H,4,7-13,15,17,19-20,22-24,26H2,1-3H3,(H4,41,42,43)/b18-14+/t27-,28+,29-,31+,35+,36-/m0/s1. The Morgan fingerprint density at radius 2 is 1.90 bits per heavy atom. The molecule has 2 bridgehead atoms. The minimum Gasteiger partial charge on any atom is -0.504 e. The molecule has 0 radical (unpaired) electrons. The van der Waals surface area contributed by atoms with Crippen LogP contribution in [0.2, 0.25) is 0 Å². The van der Waals surface area contributed by atoms with Gasteiger partial charge >= 0.3 is 0 Å². The Bertz CT molecular complexity index is 1400. The first-order valence-electron chi connectivity index (χ1n) is 18.2. The number of carbonyl (C=O) groups is 1. The van der Waals surface area contributed by atoms with Crippen molar-refractivity contribution in [2.45, 2.75) is 122 Å². The zero-order chi connectivity index (χ0) is 34.5. The predicted molar refractivity (Wildman–Crippen MR) is 192 cm³/mol. The molecule has 1 fully saturated rings. The number of carbonyl (C=O) groups excluding carboxylic acids is 1. The van der Waals surface area contributed by atoms with E-state index in [2.05, 4.69) is 42.5 Å². The highest BCUT2D eigenvalue weighted by Crippen LogP contribution is 2.47. The molecule has 5 rings (SSSR count). The van der Waals surface area contributed by atoms with Gasteiger partial charge in [-0.2, -0.15) is 0 Å². The Hall–Kier alpha value is -3.46. The maximum atomic E-state index is 13.2. The number of phenols is 1. The van der Waals surface area contributed by atoms with Gasteiger partial charge in [0, 0.05) is 50.7 Å². The summed E-state index contributed by atoms with van der Waals surface area (Å²) in [4.78, 5) is 17.8. The van der Waals surface area contributed by atoms with E-state index in [9.17, 15) is 15.0 Å². The van der Waals surface area contributed by atoms with Crippen LogP contribution in [0.3, 0.4) is 0 Å². The molecular formula is C40H57N3O5. The largest absolute Gasteiger partial charge is 0.504 e. The van der Waals surface area contributed by atoms with Crippen LogP contribution < -0.4 is 16.2 Å². The first kappa shape index (κ1) is 37.4. The number of aliphatic imine (C=N–C) groups is 1. The fourth-order valence-corrected chi connectivity index (χ4v) is 7.50. The van der Waals surface area contributed by atoms with Gasteiger partial charge in [-0.25, -0.2) is 4.99 Å². The summed E-state index contributed by atoms with van der Waals surface area (Å²) in [6, 6.07) is 1.70. The van der Waals surface area contributed by atoms with E-state index in [0.29, 0.717) is 44.0 Å². The molecule has 4 aliphatic carbocycles. The zero-order valence-corrected chi connectivity index (χ0v) is 29.3. The Labute approximate surface area is 288 Å². The van der Waals surface area contributed by atoms with Gasteiger partial charge < -0.3 is 31.2 Å². The lowest BCUT2D eigenvalue weighted by Gasteiger charge is -2.33. The maximum absolute atomic E-state index is 13.2. The Morgan fingerprint density at radius 3 is 2.60 bits per heavy atom. The molecule has 8 nitrogen and oxygen atoms in total. The smallest absolute Gasteiger partial charge is 0.186 e. The summed E-state index contributed by atoms with van der Waals surface area (Å²) in [5.74, 6) is 14.9. The number of allylic oxidation sites excluding steroid dienone is 2. The van der Waals surface area contributed by atoms with Gasteiger partial charge in [0.1, 0.15) is 0 Å². The quantitative estimate of drug-likeness (QED) is 0.0863. The van der Waals surface area contributed by atoms with Crippen molar-refractivity contribution in [1.29, 1.82) is 0 Å². The van der Waals surface area contributed by atoms with Gasteiger partial charge in [-0.05, 0) is 112 Å². The normalized spacial score (nSPS) is 25.1. The number of ether oxygens (including phenoxy) is 2. The van der Waals surface area contributed by atoms with Crippen LogP contribution in [0, 0.1) is 47.4 Å². The van der Waals surface area contributed by atoms with Crippen molar-refractivity contribution < 1.29 is 24.5 Å². The third-order valence-electron chi connectivity index (χ3n) is 10.4. The lowest BCUT2D eigenvalue weighted by molar-refractivity contribution is -0.114. The molecule has 48 heavy (non-hydrogen) atoms. The SMILES string of the molecule is CC[C@H](/C=C/C(=O)CCc1cc(OC2CCCC2)c(O)c2c1C#C[C@@H]1CC#CC[C@H](C)CC[C@@H]2[C@@H](COC)CC[C@@H]1N=C(N)N)CCO. The van der Waals surface area contributed by atoms with Crippen LogP contribution in [-0.2, 0) is 16.0 Å². The average Bonchev–Trinajstić information content (AvgIpc) is 3.58. The summed E-state index contributed by atoms with van der Waals surface area (Å²) < 4.78 is 12.4. The van der Waals surface area contributed by atoms with E-state index in [1.54, 1.807) is 13.2 Å². The molecule has 1 saturated carbocycles. The number of hydrogen-bond acceptors (Lipinski definition) is 6. The summed E-state index contributed by atoms with van der Waals surface area (Å²) >= 11 is 0. The summed E-state index contributed by atoms with van der Waals surface area (Å²) in [7, 11) is 1.73. The second-order valence-corrected chi connectivity index (χ2v) is 14.0. The molecule has 6 N–H and O–H groups in total. The molecule has 262 valence electrons. The fraction of sp³-hybridized carbons (Fsp3) is 0.650. The van der Waals surface area contributed by atoms with E-state index in [4.69, 9.17) is 20.9 Å². The van der Waals surface area contributed by atoms with Gasteiger partial charge in [0.05, 0.1) is 18.1 Å². The van der Waals surface area contributed by atoms with Gasteiger partial charge in [-0.3, -0.25) is 4.79 Å². The van der Waals surface area contributed by atoms with Gasteiger partial charge in [-0.15, -0.1) is 11.8 Å². The molecule has 1 aromatic rings. The van der Waals surface area contributed by atoms with Crippen molar-refractivity contribution in [2.75, 3.05) is 20.3 Å². The average molecular weight is 660 g/mol. The van der Waals surface area contributed by atoms with E-state index < -0.39 is 0 Å². The van der Waals surface area contributed by atoms with Crippen molar-refractivity contribution in [2.24, 2.45) is 40.1 Å². The first-order valence-corrected chi connectivity index (χ1v) is 18.2. The number of aliphatic hydroxyl groups is 1. The van der Waals surface area contributed by atoms with Crippen molar-refractivity contribution in [3.8, 4) is 35.2 Å². The summed E-state index contributed by atoms with van der Waals surface area (Å²) in [6.45, 7) is 4.91. The molecule has 6 atom stereocenters. The van der Waals surface area contributed by atoms with Crippen LogP contribution in [0.4, 0.5) is 0 Å². The van der Waals surface area contributed by atoms with E-state index in [0.717, 1.165) is 80.9 Å². The molecule has 0 amide bonds. The molecule has 4 aliphatic rings. The van der Waals surface area contributed by atoms with Crippen LogP contribution in [0.25, 0.3) is 0 Å². The second-order valence-electron chi connectivity index (χ2n) is 14.0. The number of phenolic OH excluding ortho intramolecular Hbond substituents is 1. The third kappa shape index (κ3) is 10.5. The van der Waals surface area contributed by atoms with E-state index >= 15 is 0 Å². The van der Waals surface area contributed by atoms with Crippen molar-refractivity contribution in [1.82, 2.24) is 0 Å². The summed E-state index contributed by atoms with van der Waals surface area (Å²) in [6.07, 6.45) is 14.6. The van der Waals surface area contributed by atoms with Crippen LogP contribution in [0.15, 0.2) is 23.2 Å². The number of benzene rings is 1. The molecule has 0 spiro atoms. The van der Waals surface area contributed by atoms with Crippen molar-refractivity contribution in [3.05, 3.63) is 34.9 Å². The summed E-state index contributed by atoms with van der Waals surface area (Å²) in [5, 5.41) is 21.6. The number of aryl methyl sites for hydroxylation is 1. The number of nitrogens with two attached hydrogens (primary N) is 2. The number of fused-ring (bicyclic) bond motifs is 8. The second kappa shape index (κ2) is 18.9. The Morgan fingerprint density at radius 1 is 1.12 bits per heavy atom. The number of nitrogens with zero attached hydrogens (tertiary/aromatic N) is 1. The van der Waals surface area contributed by atoms with Crippen molar-refractivity contribution >= 4 is 11.7 Å². The van der Waals surface area contributed by atoms with Crippen LogP contribution in [-0.4, -0.2) is 54.4 Å². The summed E-state index contributed by atoms with van der Waals surface area (Å²) in [5.41, 5.74) is 14.4. The highest BCUT2D eigenvalue weighted by atomic mass is 16.5. The number of guanidine groups is 1. The molecule has 0 heterocycles. The van der Waals surface area contributed by atoms with E-state index in [1.807, 2.05) is 12.1 Å². The number of hydrogen-bond donors (Lipinski definition) is 4. The minimum absolute atomic E-state index is 0.0220. The lowest BCUT2D eigenvalue weighted by Crippen LogP contribution is -2.30. The number of aromatic hydroxyl groups is 1. The topological polar surface area (TPSA) is 140 Å².